The number of rotatable bonds is 6. The van der Waals surface area contributed by atoms with Crippen molar-refractivity contribution < 1.29 is 19.4 Å². The number of carboxylic acids is 1. The molecule has 3 aromatic rings. The number of likely N-dealkylation sites (tertiary alicyclic amines) is 1. The molecule has 0 bridgehead atoms. The quantitative estimate of drug-likeness (QED) is 0.579. The highest BCUT2D eigenvalue weighted by Crippen LogP contribution is 2.34. The Morgan fingerprint density at radius 1 is 1.03 bits per heavy atom. The van der Waals surface area contributed by atoms with Crippen LogP contribution in [-0.4, -0.2) is 41.7 Å². The zero-order chi connectivity index (χ0) is 22.1. The van der Waals surface area contributed by atoms with Crippen LogP contribution in [0.4, 0.5) is 0 Å². The van der Waals surface area contributed by atoms with Gasteiger partial charge in [-0.25, -0.2) is 0 Å². The maximum atomic E-state index is 11.0. The monoisotopic (exact) mass is 449 g/mol. The fraction of sp³-hybridized carbons (Fsp3) is 0.269. The fourth-order valence-electron chi connectivity index (χ4n) is 4.23. The van der Waals surface area contributed by atoms with Gasteiger partial charge in [0.1, 0.15) is 24.7 Å². The van der Waals surface area contributed by atoms with Gasteiger partial charge in [-0.05, 0) is 59.0 Å². The van der Waals surface area contributed by atoms with Crippen molar-refractivity contribution in [2.24, 2.45) is 5.92 Å². The summed E-state index contributed by atoms with van der Waals surface area (Å²) in [6, 6.07) is 22.3. The lowest BCUT2D eigenvalue weighted by molar-refractivity contribution is -0.149. The van der Waals surface area contributed by atoms with Gasteiger partial charge in [0, 0.05) is 24.2 Å². The zero-order valence-electron chi connectivity index (χ0n) is 17.5. The maximum Gasteiger partial charge on any atom is 0.309 e. The predicted molar refractivity (Wildman–Crippen MR) is 123 cm³/mol. The van der Waals surface area contributed by atoms with Crippen LogP contribution in [0.15, 0.2) is 66.7 Å². The zero-order valence-corrected chi connectivity index (χ0v) is 18.3. The summed E-state index contributed by atoms with van der Waals surface area (Å²) < 4.78 is 11.9. The number of halogens is 1. The number of carboxylic acid groups (broad SMARTS) is 1. The van der Waals surface area contributed by atoms with Gasteiger partial charge in [-0.3, -0.25) is 9.69 Å². The van der Waals surface area contributed by atoms with E-state index in [0.29, 0.717) is 26.3 Å². The lowest BCUT2D eigenvalue weighted by Crippen LogP contribution is -2.57. The van der Waals surface area contributed by atoms with Gasteiger partial charge in [0.05, 0.1) is 5.92 Å². The van der Waals surface area contributed by atoms with Crippen LogP contribution >= 0.6 is 11.6 Å². The molecular weight excluding hydrogens is 426 g/mol. The molecule has 2 aliphatic heterocycles. The molecule has 0 amide bonds. The van der Waals surface area contributed by atoms with Gasteiger partial charge in [-0.15, -0.1) is 0 Å². The molecule has 1 N–H and O–H groups in total. The van der Waals surface area contributed by atoms with E-state index in [2.05, 4.69) is 35.2 Å². The highest BCUT2D eigenvalue weighted by atomic mass is 35.5. The number of nitrogens with zero attached hydrogens (tertiary/aromatic N) is 1. The van der Waals surface area contributed by atoms with Crippen molar-refractivity contribution in [1.82, 2.24) is 4.90 Å². The second kappa shape index (κ2) is 8.85. The van der Waals surface area contributed by atoms with E-state index in [4.69, 9.17) is 26.2 Å². The lowest BCUT2D eigenvalue weighted by atomic mass is 9.92. The second-order valence-electron chi connectivity index (χ2n) is 8.42. The Hall–Kier alpha value is -3.02. The van der Waals surface area contributed by atoms with Crippen LogP contribution in [0.1, 0.15) is 11.1 Å². The summed E-state index contributed by atoms with van der Waals surface area (Å²) in [5.41, 5.74) is 4.44. The first kappa shape index (κ1) is 20.9. The molecule has 1 saturated heterocycles. The van der Waals surface area contributed by atoms with Gasteiger partial charge in [-0.2, -0.15) is 0 Å². The third kappa shape index (κ3) is 4.45. The standard InChI is InChI=1S/C26H24ClNO4/c27-22-7-1-17(2-8-22)15-31-24-9-5-18(6-10-24)19-3-4-20-11-23(16-32-25(20)12-19)28-13-21(14-28)26(29)30/h1-10,12,21,23H,11,13-16H2,(H,29,30). The molecule has 2 heterocycles. The molecule has 0 spiro atoms. The van der Waals surface area contributed by atoms with E-state index in [-0.39, 0.29) is 12.0 Å². The molecule has 0 saturated carbocycles. The van der Waals surface area contributed by atoms with Gasteiger partial charge < -0.3 is 14.6 Å². The first-order valence-corrected chi connectivity index (χ1v) is 11.1. The second-order valence-corrected chi connectivity index (χ2v) is 8.86. The summed E-state index contributed by atoms with van der Waals surface area (Å²) in [7, 11) is 0. The average Bonchev–Trinajstić information content (AvgIpc) is 2.77. The molecule has 32 heavy (non-hydrogen) atoms. The lowest BCUT2D eigenvalue weighted by Gasteiger charge is -2.43. The molecule has 3 aromatic carbocycles. The van der Waals surface area contributed by atoms with E-state index >= 15 is 0 Å². The Kier molecular flexibility index (Phi) is 5.77. The SMILES string of the molecule is O=C(O)C1CN(C2COc3cc(-c4ccc(OCc5ccc(Cl)cc5)cc4)ccc3C2)C1. The van der Waals surface area contributed by atoms with Crippen molar-refractivity contribution in [2.45, 2.75) is 19.1 Å². The fourth-order valence-corrected chi connectivity index (χ4v) is 4.35. The number of carbonyl (C=O) groups is 1. The third-order valence-electron chi connectivity index (χ3n) is 6.24. The van der Waals surface area contributed by atoms with E-state index in [9.17, 15) is 4.79 Å². The van der Waals surface area contributed by atoms with Crippen LogP contribution in [0.5, 0.6) is 11.5 Å². The van der Waals surface area contributed by atoms with E-state index in [1.165, 1.54) is 5.56 Å². The van der Waals surface area contributed by atoms with Crippen molar-refractivity contribution in [3.05, 3.63) is 82.9 Å². The van der Waals surface area contributed by atoms with Crippen LogP contribution in [0, 0.1) is 5.92 Å². The highest BCUT2D eigenvalue weighted by molar-refractivity contribution is 6.30. The number of hydrogen-bond donors (Lipinski definition) is 1. The summed E-state index contributed by atoms with van der Waals surface area (Å²) >= 11 is 5.92. The van der Waals surface area contributed by atoms with Crippen molar-refractivity contribution in [3.8, 4) is 22.6 Å². The van der Waals surface area contributed by atoms with Crippen LogP contribution in [0.2, 0.25) is 5.02 Å². The first-order chi connectivity index (χ1) is 15.5. The third-order valence-corrected chi connectivity index (χ3v) is 6.49. The first-order valence-electron chi connectivity index (χ1n) is 10.8. The summed E-state index contributed by atoms with van der Waals surface area (Å²) in [5, 5.41) is 9.80. The molecule has 5 rings (SSSR count). The van der Waals surface area contributed by atoms with Gasteiger partial charge in [0.15, 0.2) is 0 Å². The van der Waals surface area contributed by atoms with Crippen LogP contribution < -0.4 is 9.47 Å². The van der Waals surface area contributed by atoms with Crippen molar-refractivity contribution in [3.63, 3.8) is 0 Å². The minimum atomic E-state index is -0.704. The van der Waals surface area contributed by atoms with Gasteiger partial charge >= 0.3 is 5.97 Å². The van der Waals surface area contributed by atoms with Crippen LogP contribution in [0.3, 0.4) is 0 Å². The summed E-state index contributed by atoms with van der Waals surface area (Å²) in [6.45, 7) is 2.32. The Balaban J connectivity index is 1.21. The molecule has 0 aliphatic carbocycles. The Bertz CT molecular complexity index is 1110. The molecule has 1 fully saturated rings. The van der Waals surface area contributed by atoms with Gasteiger partial charge in [-0.1, -0.05) is 48.0 Å². The van der Waals surface area contributed by atoms with Crippen molar-refractivity contribution in [2.75, 3.05) is 19.7 Å². The Morgan fingerprint density at radius 2 is 1.75 bits per heavy atom. The van der Waals surface area contributed by atoms with Gasteiger partial charge in [0.2, 0.25) is 0 Å². The minimum Gasteiger partial charge on any atom is -0.492 e. The molecule has 5 nitrogen and oxygen atoms in total. The van der Waals surface area contributed by atoms with E-state index in [0.717, 1.165) is 39.6 Å². The summed E-state index contributed by atoms with van der Waals surface area (Å²) in [4.78, 5) is 13.3. The molecule has 164 valence electrons. The molecular formula is C26H24ClNO4. The number of benzene rings is 3. The van der Waals surface area contributed by atoms with Crippen molar-refractivity contribution >= 4 is 17.6 Å². The molecule has 0 radical (unpaired) electrons. The van der Waals surface area contributed by atoms with Gasteiger partial charge in [0.25, 0.3) is 0 Å². The molecule has 1 atom stereocenters. The smallest absolute Gasteiger partial charge is 0.309 e. The largest absolute Gasteiger partial charge is 0.492 e. The van der Waals surface area contributed by atoms with E-state index in [1.807, 2.05) is 36.4 Å². The summed E-state index contributed by atoms with van der Waals surface area (Å²) in [6.07, 6.45) is 0.888. The molecule has 2 aliphatic rings. The van der Waals surface area contributed by atoms with E-state index in [1.54, 1.807) is 0 Å². The number of ether oxygens (including phenoxy) is 2. The Labute approximate surface area is 192 Å². The summed E-state index contributed by atoms with van der Waals surface area (Å²) in [5.74, 6) is 0.786. The van der Waals surface area contributed by atoms with Crippen molar-refractivity contribution in [1.29, 1.82) is 0 Å². The van der Waals surface area contributed by atoms with Crippen LogP contribution in [-0.2, 0) is 17.8 Å². The maximum absolute atomic E-state index is 11.0. The normalized spacial score (nSPS) is 18.3. The minimum absolute atomic E-state index is 0.239. The number of aliphatic carboxylic acids is 1. The van der Waals surface area contributed by atoms with Crippen LogP contribution in [0.25, 0.3) is 11.1 Å². The highest BCUT2D eigenvalue weighted by Gasteiger charge is 2.38. The predicted octanol–water partition coefficient (Wildman–Crippen LogP) is 4.91. The average molecular weight is 450 g/mol. The number of fused-ring (bicyclic) bond motifs is 1. The molecule has 1 unspecified atom stereocenters. The number of hydrogen-bond acceptors (Lipinski definition) is 4. The Morgan fingerprint density at radius 3 is 2.47 bits per heavy atom. The topological polar surface area (TPSA) is 59.0 Å². The van der Waals surface area contributed by atoms with E-state index < -0.39 is 5.97 Å². The molecule has 6 heteroatoms. The molecule has 0 aromatic heterocycles.